The van der Waals surface area contributed by atoms with Gasteiger partial charge in [-0.05, 0) is 27.2 Å². The van der Waals surface area contributed by atoms with Crippen molar-refractivity contribution < 1.29 is 9.47 Å². The van der Waals surface area contributed by atoms with Crippen LogP contribution in [0, 0.1) is 6.92 Å². The minimum atomic E-state index is -0.0972. The zero-order valence-corrected chi connectivity index (χ0v) is 6.22. The van der Waals surface area contributed by atoms with E-state index in [-0.39, 0.29) is 6.29 Å². The average molecular weight is 131 g/mol. The van der Waals surface area contributed by atoms with Gasteiger partial charge in [-0.15, -0.1) is 0 Å². The molecule has 0 aliphatic heterocycles. The van der Waals surface area contributed by atoms with Crippen LogP contribution in [0.1, 0.15) is 20.3 Å². The summed E-state index contributed by atoms with van der Waals surface area (Å²) in [5, 5.41) is 0. The normalized spacial score (nSPS) is 10.7. The topological polar surface area (TPSA) is 18.5 Å². The molecule has 0 atom stereocenters. The van der Waals surface area contributed by atoms with Crippen molar-refractivity contribution in [1.82, 2.24) is 0 Å². The maximum atomic E-state index is 5.15. The molecule has 0 amide bonds. The van der Waals surface area contributed by atoms with Gasteiger partial charge in [-0.3, -0.25) is 0 Å². The summed E-state index contributed by atoms with van der Waals surface area (Å²) in [6.07, 6.45) is 0.585. The van der Waals surface area contributed by atoms with Gasteiger partial charge in [0.2, 0.25) is 0 Å². The maximum absolute atomic E-state index is 5.15. The summed E-state index contributed by atoms with van der Waals surface area (Å²) in [7, 11) is 0. The Morgan fingerprint density at radius 3 is 1.89 bits per heavy atom. The number of hydrogen-bond acceptors (Lipinski definition) is 2. The largest absolute Gasteiger partial charge is 0.353 e. The SMILES string of the molecule is [CH2]CC(OCC)OCC. The van der Waals surface area contributed by atoms with Crippen molar-refractivity contribution >= 4 is 0 Å². The van der Waals surface area contributed by atoms with Crippen molar-refractivity contribution in [2.24, 2.45) is 0 Å². The first-order valence-corrected chi connectivity index (χ1v) is 3.37. The summed E-state index contributed by atoms with van der Waals surface area (Å²) in [5.74, 6) is 0. The summed E-state index contributed by atoms with van der Waals surface area (Å²) in [6.45, 7) is 8.95. The Hall–Kier alpha value is -0.0800. The molecule has 0 aromatic carbocycles. The molecule has 0 aliphatic rings. The van der Waals surface area contributed by atoms with Crippen LogP contribution in [-0.2, 0) is 9.47 Å². The van der Waals surface area contributed by atoms with E-state index in [0.717, 1.165) is 0 Å². The summed E-state index contributed by atoms with van der Waals surface area (Å²) < 4.78 is 10.3. The van der Waals surface area contributed by atoms with Crippen molar-refractivity contribution in [3.05, 3.63) is 6.92 Å². The summed E-state index contributed by atoms with van der Waals surface area (Å²) in [6, 6.07) is 0. The quantitative estimate of drug-likeness (QED) is 0.528. The van der Waals surface area contributed by atoms with Crippen LogP contribution in [0.25, 0.3) is 0 Å². The third-order valence-corrected chi connectivity index (χ3v) is 0.941. The molecule has 1 radical (unpaired) electrons. The van der Waals surface area contributed by atoms with Crippen molar-refractivity contribution in [1.29, 1.82) is 0 Å². The Morgan fingerprint density at radius 2 is 1.67 bits per heavy atom. The lowest BCUT2D eigenvalue weighted by Gasteiger charge is -2.13. The molecule has 0 saturated carbocycles. The highest BCUT2D eigenvalue weighted by Gasteiger charge is 2.01. The van der Waals surface area contributed by atoms with E-state index < -0.39 is 0 Å². The maximum Gasteiger partial charge on any atom is 0.157 e. The molecule has 2 heteroatoms. The van der Waals surface area contributed by atoms with Crippen molar-refractivity contribution in [3.63, 3.8) is 0 Å². The van der Waals surface area contributed by atoms with Crippen LogP contribution >= 0.6 is 0 Å². The smallest absolute Gasteiger partial charge is 0.157 e. The Bertz CT molecular complexity index is 48.9. The number of rotatable bonds is 5. The van der Waals surface area contributed by atoms with Gasteiger partial charge >= 0.3 is 0 Å². The molecule has 0 aromatic rings. The molecular formula is C7H15O2. The second kappa shape index (κ2) is 6.05. The lowest BCUT2D eigenvalue weighted by atomic mass is 10.5. The van der Waals surface area contributed by atoms with Crippen molar-refractivity contribution in [2.45, 2.75) is 26.6 Å². The zero-order chi connectivity index (χ0) is 7.11. The lowest BCUT2D eigenvalue weighted by Crippen LogP contribution is -2.15. The Kier molecular flexibility index (Phi) is 5.99. The number of ether oxygens (including phenoxy) is 2. The van der Waals surface area contributed by atoms with E-state index in [1.54, 1.807) is 0 Å². The molecule has 0 fully saturated rings. The minimum absolute atomic E-state index is 0.0972. The first-order valence-electron chi connectivity index (χ1n) is 3.37. The summed E-state index contributed by atoms with van der Waals surface area (Å²) >= 11 is 0. The van der Waals surface area contributed by atoms with Gasteiger partial charge in [0.1, 0.15) is 0 Å². The zero-order valence-electron chi connectivity index (χ0n) is 6.22. The Morgan fingerprint density at radius 1 is 1.22 bits per heavy atom. The van der Waals surface area contributed by atoms with E-state index in [4.69, 9.17) is 9.47 Å². The van der Waals surface area contributed by atoms with Gasteiger partial charge < -0.3 is 9.47 Å². The van der Waals surface area contributed by atoms with Gasteiger partial charge in [-0.2, -0.15) is 0 Å². The molecule has 0 unspecified atom stereocenters. The highest BCUT2D eigenvalue weighted by Crippen LogP contribution is 1.97. The molecule has 0 bridgehead atoms. The predicted octanol–water partition coefficient (Wildman–Crippen LogP) is 1.61. The van der Waals surface area contributed by atoms with E-state index in [2.05, 4.69) is 6.92 Å². The van der Waals surface area contributed by atoms with Crippen LogP contribution in [-0.4, -0.2) is 19.5 Å². The second-order valence-electron chi connectivity index (χ2n) is 1.63. The van der Waals surface area contributed by atoms with Crippen molar-refractivity contribution in [3.8, 4) is 0 Å². The molecule has 2 nitrogen and oxygen atoms in total. The molecule has 0 spiro atoms. The first-order chi connectivity index (χ1) is 4.35. The van der Waals surface area contributed by atoms with Gasteiger partial charge in [0, 0.05) is 13.2 Å². The van der Waals surface area contributed by atoms with E-state index in [1.807, 2.05) is 13.8 Å². The fraction of sp³-hybridized carbons (Fsp3) is 0.857. The molecule has 0 N–H and O–H groups in total. The van der Waals surface area contributed by atoms with Crippen LogP contribution in [0.4, 0.5) is 0 Å². The van der Waals surface area contributed by atoms with Gasteiger partial charge in [0.05, 0.1) is 0 Å². The van der Waals surface area contributed by atoms with Crippen molar-refractivity contribution in [2.75, 3.05) is 13.2 Å². The lowest BCUT2D eigenvalue weighted by molar-refractivity contribution is -0.133. The first kappa shape index (κ1) is 8.92. The second-order valence-corrected chi connectivity index (χ2v) is 1.63. The standard InChI is InChI=1S/C7H15O2/c1-4-7(8-5-2)9-6-3/h7H,1,4-6H2,2-3H3. The third-order valence-electron chi connectivity index (χ3n) is 0.941. The summed E-state index contributed by atoms with van der Waals surface area (Å²) in [4.78, 5) is 0. The van der Waals surface area contributed by atoms with Gasteiger partial charge in [0.15, 0.2) is 6.29 Å². The fourth-order valence-corrected chi connectivity index (χ4v) is 0.587. The minimum Gasteiger partial charge on any atom is -0.353 e. The van der Waals surface area contributed by atoms with E-state index in [1.165, 1.54) is 0 Å². The van der Waals surface area contributed by atoms with Crippen LogP contribution in [0.5, 0.6) is 0 Å². The third kappa shape index (κ3) is 4.43. The summed E-state index contributed by atoms with van der Waals surface area (Å²) in [5.41, 5.74) is 0. The highest BCUT2D eigenvalue weighted by molar-refractivity contribution is 4.44. The highest BCUT2D eigenvalue weighted by atomic mass is 16.7. The van der Waals surface area contributed by atoms with Gasteiger partial charge in [-0.25, -0.2) is 0 Å². The average Bonchev–Trinajstić information content (AvgIpc) is 1.88. The van der Waals surface area contributed by atoms with Crippen LogP contribution in [0.3, 0.4) is 0 Å². The van der Waals surface area contributed by atoms with Gasteiger partial charge in [-0.1, -0.05) is 0 Å². The molecule has 0 aliphatic carbocycles. The molecule has 0 saturated heterocycles. The van der Waals surface area contributed by atoms with Crippen LogP contribution < -0.4 is 0 Å². The molecule has 0 rings (SSSR count). The molecular weight excluding hydrogens is 116 g/mol. The predicted molar refractivity (Wildman–Crippen MR) is 37.0 cm³/mol. The fourth-order valence-electron chi connectivity index (χ4n) is 0.587. The number of hydrogen-bond donors (Lipinski definition) is 0. The monoisotopic (exact) mass is 131 g/mol. The van der Waals surface area contributed by atoms with Crippen LogP contribution in [0.2, 0.25) is 0 Å². The van der Waals surface area contributed by atoms with E-state index in [0.29, 0.717) is 19.6 Å². The molecule has 9 heavy (non-hydrogen) atoms. The van der Waals surface area contributed by atoms with Crippen LogP contribution in [0.15, 0.2) is 0 Å². The molecule has 0 heterocycles. The van der Waals surface area contributed by atoms with E-state index >= 15 is 0 Å². The Labute approximate surface area is 57.2 Å². The van der Waals surface area contributed by atoms with E-state index in [9.17, 15) is 0 Å². The molecule has 0 aromatic heterocycles. The molecule has 55 valence electrons. The Balaban J connectivity index is 3.18. The van der Waals surface area contributed by atoms with Gasteiger partial charge in [0.25, 0.3) is 0 Å².